The molecule has 1 atom stereocenters. The van der Waals surface area contributed by atoms with Crippen molar-refractivity contribution in [1.82, 2.24) is 5.32 Å². The molecular weight excluding hydrogens is 249 g/mol. The Morgan fingerprint density at radius 3 is 2.60 bits per heavy atom. The summed E-state index contributed by atoms with van der Waals surface area (Å²) < 4.78 is 0. The Hall–Kier alpha value is 0.110. The van der Waals surface area contributed by atoms with Gasteiger partial charge in [0.25, 0.3) is 0 Å². The summed E-state index contributed by atoms with van der Waals surface area (Å²) in [5.74, 6) is 2.17. The van der Waals surface area contributed by atoms with Crippen LogP contribution in [0.4, 0.5) is 0 Å². The van der Waals surface area contributed by atoms with Crippen LogP contribution in [0.3, 0.4) is 0 Å². The van der Waals surface area contributed by atoms with Crippen LogP contribution in [0.5, 0.6) is 0 Å². The highest BCUT2D eigenvalue weighted by Gasteiger charge is 2.10. The van der Waals surface area contributed by atoms with Gasteiger partial charge in [0, 0.05) is 11.8 Å². The number of hydrogen-bond acceptors (Lipinski definition) is 2. The molecule has 1 rings (SSSR count). The zero-order valence-electron chi connectivity index (χ0n) is 8.89. The first-order valence-corrected chi connectivity index (χ1v) is 6.80. The first kappa shape index (κ1) is 13.2. The molecule has 0 aliphatic heterocycles. The van der Waals surface area contributed by atoms with Gasteiger partial charge in [-0.25, -0.2) is 0 Å². The monoisotopic (exact) mass is 263 g/mol. The van der Waals surface area contributed by atoms with Crippen molar-refractivity contribution in [3.63, 3.8) is 0 Å². The Labute approximate surface area is 106 Å². The molecule has 15 heavy (non-hydrogen) atoms. The van der Waals surface area contributed by atoms with Gasteiger partial charge in [-0.05, 0) is 30.5 Å². The number of nitrogens with one attached hydrogen (secondary N) is 1. The quantitative estimate of drug-likeness (QED) is 0.862. The molecule has 1 nitrogen and oxygen atoms in total. The maximum absolute atomic E-state index is 5.98. The SMILES string of the molecule is CCSCC(NC)c1ccc(Cl)c(Cl)c1. The summed E-state index contributed by atoms with van der Waals surface area (Å²) >= 11 is 13.8. The zero-order chi connectivity index (χ0) is 11.3. The van der Waals surface area contributed by atoms with Crippen LogP contribution in [0.15, 0.2) is 18.2 Å². The van der Waals surface area contributed by atoms with E-state index in [1.807, 2.05) is 37.0 Å². The molecule has 1 aromatic rings. The van der Waals surface area contributed by atoms with Crippen molar-refractivity contribution >= 4 is 35.0 Å². The van der Waals surface area contributed by atoms with Crippen LogP contribution in [0.25, 0.3) is 0 Å². The van der Waals surface area contributed by atoms with Gasteiger partial charge < -0.3 is 5.32 Å². The summed E-state index contributed by atoms with van der Waals surface area (Å²) in [6.07, 6.45) is 0. The van der Waals surface area contributed by atoms with Crippen LogP contribution in [0.2, 0.25) is 10.0 Å². The fourth-order valence-electron chi connectivity index (χ4n) is 1.31. The first-order chi connectivity index (χ1) is 7.19. The molecule has 0 amide bonds. The van der Waals surface area contributed by atoms with E-state index in [1.165, 1.54) is 5.56 Å². The molecular formula is C11H15Cl2NS. The second kappa shape index (κ2) is 6.64. The minimum Gasteiger partial charge on any atom is -0.312 e. The Morgan fingerprint density at radius 2 is 2.07 bits per heavy atom. The van der Waals surface area contributed by atoms with Crippen LogP contribution >= 0.6 is 35.0 Å². The average molecular weight is 264 g/mol. The zero-order valence-corrected chi connectivity index (χ0v) is 11.2. The molecule has 0 aliphatic rings. The van der Waals surface area contributed by atoms with E-state index in [9.17, 15) is 0 Å². The molecule has 0 bridgehead atoms. The molecule has 0 radical (unpaired) electrons. The maximum Gasteiger partial charge on any atom is 0.0595 e. The summed E-state index contributed by atoms with van der Waals surface area (Å²) in [5.41, 5.74) is 1.19. The fourth-order valence-corrected chi connectivity index (χ4v) is 2.45. The van der Waals surface area contributed by atoms with E-state index in [4.69, 9.17) is 23.2 Å². The van der Waals surface area contributed by atoms with Gasteiger partial charge in [0.15, 0.2) is 0 Å². The van der Waals surface area contributed by atoms with Crippen molar-refractivity contribution in [2.75, 3.05) is 18.6 Å². The van der Waals surface area contributed by atoms with Crippen molar-refractivity contribution in [2.24, 2.45) is 0 Å². The lowest BCUT2D eigenvalue weighted by atomic mass is 10.1. The molecule has 4 heteroatoms. The van der Waals surface area contributed by atoms with Gasteiger partial charge in [0.1, 0.15) is 0 Å². The molecule has 0 aliphatic carbocycles. The van der Waals surface area contributed by atoms with Crippen molar-refractivity contribution in [1.29, 1.82) is 0 Å². The van der Waals surface area contributed by atoms with Gasteiger partial charge in [-0.15, -0.1) is 0 Å². The number of hydrogen-bond donors (Lipinski definition) is 1. The molecule has 0 aromatic heterocycles. The largest absolute Gasteiger partial charge is 0.312 e. The predicted molar refractivity (Wildman–Crippen MR) is 71.3 cm³/mol. The lowest BCUT2D eigenvalue weighted by molar-refractivity contribution is 0.662. The third-order valence-electron chi connectivity index (χ3n) is 2.18. The Balaban J connectivity index is 2.78. The van der Waals surface area contributed by atoms with Crippen molar-refractivity contribution < 1.29 is 0 Å². The molecule has 84 valence electrons. The van der Waals surface area contributed by atoms with E-state index in [0.717, 1.165) is 11.5 Å². The topological polar surface area (TPSA) is 12.0 Å². The highest BCUT2D eigenvalue weighted by Crippen LogP contribution is 2.26. The first-order valence-electron chi connectivity index (χ1n) is 4.89. The molecule has 1 aromatic carbocycles. The second-order valence-corrected chi connectivity index (χ2v) is 5.31. The van der Waals surface area contributed by atoms with Gasteiger partial charge in [0.05, 0.1) is 10.0 Å². The summed E-state index contributed by atoms with van der Waals surface area (Å²) in [6, 6.07) is 6.14. The predicted octanol–water partition coefficient (Wildman–Crippen LogP) is 4.01. The molecule has 0 spiro atoms. The van der Waals surface area contributed by atoms with Crippen LogP contribution in [-0.2, 0) is 0 Å². The van der Waals surface area contributed by atoms with E-state index in [-0.39, 0.29) is 0 Å². The summed E-state index contributed by atoms with van der Waals surface area (Å²) in [5, 5.41) is 4.51. The Morgan fingerprint density at radius 1 is 1.33 bits per heavy atom. The number of halogens is 2. The smallest absolute Gasteiger partial charge is 0.0595 e. The maximum atomic E-state index is 5.98. The number of rotatable bonds is 5. The standard InChI is InChI=1S/C11H15Cl2NS/c1-3-15-7-11(14-2)8-4-5-9(12)10(13)6-8/h4-6,11,14H,3,7H2,1-2H3. The summed E-state index contributed by atoms with van der Waals surface area (Å²) in [7, 11) is 1.96. The number of thioether (sulfide) groups is 1. The number of benzene rings is 1. The van der Waals surface area contributed by atoms with Crippen LogP contribution in [-0.4, -0.2) is 18.6 Å². The van der Waals surface area contributed by atoms with E-state index < -0.39 is 0 Å². The van der Waals surface area contributed by atoms with Gasteiger partial charge in [0.2, 0.25) is 0 Å². The van der Waals surface area contributed by atoms with Crippen molar-refractivity contribution in [3.05, 3.63) is 33.8 Å². The molecule has 1 unspecified atom stereocenters. The van der Waals surface area contributed by atoms with Gasteiger partial charge in [-0.2, -0.15) is 11.8 Å². The van der Waals surface area contributed by atoms with E-state index in [2.05, 4.69) is 12.2 Å². The third kappa shape index (κ3) is 3.87. The lowest BCUT2D eigenvalue weighted by Crippen LogP contribution is -2.18. The van der Waals surface area contributed by atoms with Crippen molar-refractivity contribution in [2.45, 2.75) is 13.0 Å². The highest BCUT2D eigenvalue weighted by molar-refractivity contribution is 7.99. The molecule has 0 heterocycles. The normalized spacial score (nSPS) is 12.8. The van der Waals surface area contributed by atoms with E-state index in [0.29, 0.717) is 16.1 Å². The highest BCUT2D eigenvalue weighted by atomic mass is 35.5. The van der Waals surface area contributed by atoms with Crippen LogP contribution in [0.1, 0.15) is 18.5 Å². The van der Waals surface area contributed by atoms with Crippen LogP contribution in [0, 0.1) is 0 Å². The summed E-state index contributed by atoms with van der Waals surface area (Å²) in [4.78, 5) is 0. The fraction of sp³-hybridized carbons (Fsp3) is 0.455. The lowest BCUT2D eigenvalue weighted by Gasteiger charge is -2.16. The van der Waals surface area contributed by atoms with Gasteiger partial charge in [-0.1, -0.05) is 36.2 Å². The molecule has 0 saturated heterocycles. The van der Waals surface area contributed by atoms with Gasteiger partial charge >= 0.3 is 0 Å². The minimum atomic E-state index is 0.338. The molecule has 0 fully saturated rings. The average Bonchev–Trinajstić information content (AvgIpc) is 2.24. The third-order valence-corrected chi connectivity index (χ3v) is 3.90. The second-order valence-electron chi connectivity index (χ2n) is 3.17. The Bertz CT molecular complexity index is 317. The van der Waals surface area contributed by atoms with Gasteiger partial charge in [-0.3, -0.25) is 0 Å². The van der Waals surface area contributed by atoms with E-state index >= 15 is 0 Å². The van der Waals surface area contributed by atoms with Crippen molar-refractivity contribution in [3.8, 4) is 0 Å². The molecule has 1 N–H and O–H groups in total. The minimum absolute atomic E-state index is 0.338. The summed E-state index contributed by atoms with van der Waals surface area (Å²) in [6.45, 7) is 2.16. The van der Waals surface area contributed by atoms with E-state index in [1.54, 1.807) is 0 Å². The Kier molecular flexibility index (Phi) is 5.83. The van der Waals surface area contributed by atoms with Crippen LogP contribution < -0.4 is 5.32 Å². The molecule has 0 saturated carbocycles.